The number of carbonyl (C=O) groups is 2. The maximum atomic E-state index is 12.7. The van der Waals surface area contributed by atoms with E-state index in [1.54, 1.807) is 0 Å². The number of halogens is 3. The second kappa shape index (κ2) is 6.75. The third kappa shape index (κ3) is 3.85. The number of amides is 1. The average molecular weight is 333 g/mol. The van der Waals surface area contributed by atoms with Gasteiger partial charge in [-0.05, 0) is 28.2 Å². The summed E-state index contributed by atoms with van der Waals surface area (Å²) in [6, 6.07) is 0. The van der Waals surface area contributed by atoms with Gasteiger partial charge in [0.2, 0.25) is 5.53 Å². The van der Waals surface area contributed by atoms with E-state index in [4.69, 9.17) is 16.9 Å². The zero-order valence-corrected chi connectivity index (χ0v) is 13.0. The summed E-state index contributed by atoms with van der Waals surface area (Å²) in [6.07, 6.45) is -5.19. The third-order valence-corrected chi connectivity index (χ3v) is 4.49. The molecule has 0 aliphatic heterocycles. The predicted octanol–water partition coefficient (Wildman–Crippen LogP) is 0.604. The Balaban J connectivity index is 5.98. The smallest absolute Gasteiger partial charge is 0.471 e. The molecule has 0 fully saturated rings. The lowest BCUT2D eigenvalue weighted by molar-refractivity contribution is -0.201. The molecule has 0 rings (SSSR count). The Labute approximate surface area is 121 Å². The Kier molecular flexibility index (Phi) is 6.47. The molecule has 0 saturated carbocycles. The minimum absolute atomic E-state index is 0.0432. The van der Waals surface area contributed by atoms with E-state index >= 15 is 0 Å². The number of alkyl halides is 3. The summed E-state index contributed by atoms with van der Waals surface area (Å²) >= 11 is 4.84. The summed E-state index contributed by atoms with van der Waals surface area (Å²) in [5.74, 6) is -3.81. The first-order valence-electron chi connectivity index (χ1n) is 5.21. The van der Waals surface area contributed by atoms with Gasteiger partial charge >= 0.3 is 18.1 Å². The van der Waals surface area contributed by atoms with Gasteiger partial charge in [0.1, 0.15) is 6.54 Å². The third-order valence-electron chi connectivity index (χ3n) is 2.47. The highest BCUT2D eigenvalue weighted by atomic mass is 32.4. The molecule has 0 radical (unpaired) electrons. The Morgan fingerprint density at radius 3 is 1.75 bits per heavy atom. The Morgan fingerprint density at radius 1 is 1.15 bits per heavy atom. The molecule has 0 spiro atoms. The maximum Gasteiger partial charge on any atom is 0.471 e. The fraction of sp³-hybridized carbons (Fsp3) is 0.778. The number of rotatable bonds is 6. The highest BCUT2D eigenvalue weighted by Crippen LogP contribution is 2.35. The minimum Gasteiger partial charge on any atom is -0.480 e. The summed E-state index contributed by atoms with van der Waals surface area (Å²) in [6.45, 7) is -1.11. The molecule has 0 atom stereocenters. The molecule has 0 aromatic carbocycles. The first-order chi connectivity index (χ1) is 8.91. The van der Waals surface area contributed by atoms with Crippen LogP contribution in [-0.2, 0) is 21.4 Å². The predicted molar refractivity (Wildman–Crippen MR) is 69.8 cm³/mol. The number of carboxylic acids is 1. The van der Waals surface area contributed by atoms with Crippen LogP contribution in [0.1, 0.15) is 0 Å². The number of carbonyl (C=O) groups excluding carboxylic acids is 1. The highest BCUT2D eigenvalue weighted by Gasteiger charge is 2.53. The van der Waals surface area contributed by atoms with Gasteiger partial charge in [0.15, 0.2) is 0 Å². The molecule has 1 amide bonds. The van der Waals surface area contributed by atoms with Gasteiger partial charge in [-0.1, -0.05) is 11.8 Å². The summed E-state index contributed by atoms with van der Waals surface area (Å²) in [4.78, 5) is 25.1. The van der Waals surface area contributed by atoms with Crippen LogP contribution in [-0.4, -0.2) is 78.1 Å². The van der Waals surface area contributed by atoms with Crippen molar-refractivity contribution in [2.75, 3.05) is 34.7 Å². The molecule has 116 valence electrons. The van der Waals surface area contributed by atoms with Crippen LogP contribution in [0.4, 0.5) is 13.2 Å². The van der Waals surface area contributed by atoms with Crippen LogP contribution in [0, 0.1) is 0 Å². The topological polar surface area (TPSA) is 64.1 Å². The van der Waals surface area contributed by atoms with E-state index in [0.29, 0.717) is 0 Å². The quantitative estimate of drug-likeness (QED) is 0.567. The van der Waals surface area contributed by atoms with E-state index in [2.05, 4.69) is 0 Å². The Bertz CT molecular complexity index is 396. The lowest BCUT2D eigenvalue weighted by Gasteiger charge is -2.48. The monoisotopic (exact) mass is 333 g/mol. The van der Waals surface area contributed by atoms with Crippen LogP contribution in [0.5, 0.6) is 0 Å². The Morgan fingerprint density at radius 2 is 1.55 bits per heavy atom. The second-order valence-corrected chi connectivity index (χ2v) is 5.59. The maximum absolute atomic E-state index is 12.7. The molecular weight excluding hydrogens is 318 g/mol. The van der Waals surface area contributed by atoms with E-state index in [1.165, 1.54) is 38.0 Å². The van der Waals surface area contributed by atoms with Crippen molar-refractivity contribution < 1.29 is 27.9 Å². The van der Waals surface area contributed by atoms with Gasteiger partial charge in [-0.15, -0.1) is 0 Å². The standard InChI is InChI=1S/C9H15F3N3O3PS/c1-13(2)9(19-20,14(3)4)15(5-6(16)17)7(18)8(10,11)12/h5H2,1-4H3,(H,16,17). The first-order valence-corrected chi connectivity index (χ1v) is 7.12. The number of aliphatic carboxylic acids is 1. The van der Waals surface area contributed by atoms with Gasteiger partial charge in [0.05, 0.1) is 0 Å². The summed E-state index contributed by atoms with van der Waals surface area (Å²) in [7, 11) is 5.61. The molecule has 0 bridgehead atoms. The molecule has 0 saturated heterocycles. The van der Waals surface area contributed by atoms with Crippen molar-refractivity contribution in [3.05, 3.63) is 0 Å². The van der Waals surface area contributed by atoms with E-state index in [0.717, 1.165) is 0 Å². The van der Waals surface area contributed by atoms with Crippen LogP contribution in [0.3, 0.4) is 0 Å². The highest BCUT2D eigenvalue weighted by molar-refractivity contribution is 7.97. The summed E-state index contributed by atoms with van der Waals surface area (Å²) in [5.41, 5.74) is -1.69. The van der Waals surface area contributed by atoms with Crippen molar-refractivity contribution in [1.29, 1.82) is 0 Å². The van der Waals surface area contributed by atoms with Crippen molar-refractivity contribution in [1.82, 2.24) is 14.7 Å². The number of hydrogen-bond acceptors (Lipinski definition) is 5. The van der Waals surface area contributed by atoms with Gasteiger partial charge in [-0.3, -0.25) is 24.3 Å². The molecule has 0 aromatic heterocycles. The second-order valence-electron chi connectivity index (χ2n) is 4.26. The number of nitrogens with zero attached hydrogens (tertiary/aromatic N) is 3. The lowest BCUT2D eigenvalue weighted by Crippen LogP contribution is -2.67. The van der Waals surface area contributed by atoms with E-state index in [-0.39, 0.29) is 12.3 Å². The van der Waals surface area contributed by atoms with Crippen LogP contribution in [0.2, 0.25) is 0 Å². The van der Waals surface area contributed by atoms with E-state index < -0.39 is 30.1 Å². The van der Waals surface area contributed by atoms with Crippen molar-refractivity contribution in [3.8, 4) is 0 Å². The van der Waals surface area contributed by atoms with Crippen LogP contribution < -0.4 is 0 Å². The number of carboxylic acid groups (broad SMARTS) is 1. The van der Waals surface area contributed by atoms with Gasteiger partial charge in [0.25, 0.3) is 0 Å². The molecule has 0 heterocycles. The molecule has 1 N–H and O–H groups in total. The van der Waals surface area contributed by atoms with Gasteiger partial charge in [-0.25, -0.2) is 0 Å². The normalized spacial score (nSPS) is 13.1. The molecule has 0 aromatic rings. The molecule has 0 unspecified atom stereocenters. The van der Waals surface area contributed by atoms with Crippen LogP contribution in [0.25, 0.3) is 0 Å². The average Bonchev–Trinajstić information content (AvgIpc) is 2.25. The van der Waals surface area contributed by atoms with Gasteiger partial charge < -0.3 is 5.11 Å². The SMILES string of the molecule is CN(C)C(P=S)(N(C)C)N(CC(=O)O)C(=O)C(F)(F)F. The molecule has 11 heteroatoms. The molecular formula is C9H15F3N3O3PS. The lowest BCUT2D eigenvalue weighted by atomic mass is 10.4. The largest absolute Gasteiger partial charge is 0.480 e. The summed E-state index contributed by atoms with van der Waals surface area (Å²) < 4.78 is 38.1. The van der Waals surface area contributed by atoms with Crippen molar-refractivity contribution in [2.24, 2.45) is 0 Å². The fourth-order valence-corrected chi connectivity index (χ4v) is 3.56. The van der Waals surface area contributed by atoms with Gasteiger partial charge in [-0.2, -0.15) is 13.2 Å². The minimum atomic E-state index is -5.19. The molecule has 6 nitrogen and oxygen atoms in total. The van der Waals surface area contributed by atoms with Gasteiger partial charge in [0, 0.05) is 7.36 Å². The number of hydrogen-bond donors (Lipinski definition) is 1. The molecule has 0 aliphatic rings. The van der Waals surface area contributed by atoms with Crippen molar-refractivity contribution in [2.45, 2.75) is 11.7 Å². The van der Waals surface area contributed by atoms with E-state index in [1.807, 2.05) is 0 Å². The summed E-state index contributed by atoms with van der Waals surface area (Å²) in [5, 5.41) is 8.79. The van der Waals surface area contributed by atoms with Crippen molar-refractivity contribution in [3.63, 3.8) is 0 Å². The zero-order chi connectivity index (χ0) is 16.3. The van der Waals surface area contributed by atoms with Crippen LogP contribution in [0.15, 0.2) is 0 Å². The van der Waals surface area contributed by atoms with E-state index in [9.17, 15) is 22.8 Å². The zero-order valence-electron chi connectivity index (χ0n) is 11.3. The molecule has 20 heavy (non-hydrogen) atoms. The van der Waals surface area contributed by atoms with Crippen molar-refractivity contribution >= 4 is 31.0 Å². The molecule has 0 aliphatic carbocycles. The fourth-order valence-electron chi connectivity index (χ4n) is 1.70. The Hall–Kier alpha value is -0.830. The van der Waals surface area contributed by atoms with Crippen LogP contribution >= 0.6 is 7.36 Å². The first kappa shape index (κ1) is 19.2.